The SMILES string of the molecule is CC(C)COCC(O)CNC(=O)Nc1cccc(C#N)c1. The van der Waals surface area contributed by atoms with E-state index in [0.29, 0.717) is 23.8 Å². The summed E-state index contributed by atoms with van der Waals surface area (Å²) in [5.74, 6) is 0.404. The number of aliphatic hydroxyl groups excluding tert-OH is 1. The lowest BCUT2D eigenvalue weighted by Crippen LogP contribution is -2.37. The molecule has 0 aliphatic rings. The highest BCUT2D eigenvalue weighted by molar-refractivity contribution is 5.89. The van der Waals surface area contributed by atoms with Gasteiger partial charge in [-0.1, -0.05) is 19.9 Å². The topological polar surface area (TPSA) is 94.4 Å². The van der Waals surface area contributed by atoms with E-state index in [1.54, 1.807) is 24.3 Å². The number of nitrogens with one attached hydrogen (secondary N) is 2. The second-order valence-corrected chi connectivity index (χ2v) is 5.11. The van der Waals surface area contributed by atoms with Crippen LogP contribution in [0.5, 0.6) is 0 Å². The van der Waals surface area contributed by atoms with Gasteiger partial charge in [-0.3, -0.25) is 0 Å². The molecule has 0 saturated heterocycles. The maximum absolute atomic E-state index is 11.6. The van der Waals surface area contributed by atoms with Crippen LogP contribution in [0.3, 0.4) is 0 Å². The lowest BCUT2D eigenvalue weighted by atomic mass is 10.2. The summed E-state index contributed by atoms with van der Waals surface area (Å²) in [4.78, 5) is 11.6. The van der Waals surface area contributed by atoms with Crippen LogP contribution in [0.1, 0.15) is 19.4 Å². The third-order valence-electron chi connectivity index (χ3n) is 2.51. The molecule has 6 nitrogen and oxygen atoms in total. The molecule has 1 aromatic rings. The first-order valence-electron chi connectivity index (χ1n) is 6.82. The third kappa shape index (κ3) is 7.30. The van der Waals surface area contributed by atoms with Gasteiger partial charge in [-0.2, -0.15) is 5.26 Å². The molecule has 0 spiro atoms. The molecule has 0 heterocycles. The number of benzene rings is 1. The monoisotopic (exact) mass is 291 g/mol. The first-order chi connectivity index (χ1) is 10.0. The molecule has 1 rings (SSSR count). The van der Waals surface area contributed by atoms with Crippen molar-refractivity contribution in [3.8, 4) is 6.07 Å². The van der Waals surface area contributed by atoms with Gasteiger partial charge in [0.05, 0.1) is 24.3 Å². The average molecular weight is 291 g/mol. The van der Waals surface area contributed by atoms with Gasteiger partial charge in [-0.05, 0) is 24.1 Å². The highest BCUT2D eigenvalue weighted by atomic mass is 16.5. The van der Waals surface area contributed by atoms with E-state index in [4.69, 9.17) is 10.00 Å². The molecule has 0 aliphatic carbocycles. The summed E-state index contributed by atoms with van der Waals surface area (Å²) < 4.78 is 5.28. The molecule has 0 bridgehead atoms. The normalized spacial score (nSPS) is 11.8. The maximum atomic E-state index is 11.6. The second kappa shape index (κ2) is 8.95. The van der Waals surface area contributed by atoms with Crippen molar-refractivity contribution in [3.63, 3.8) is 0 Å². The quantitative estimate of drug-likeness (QED) is 0.713. The molecule has 2 amide bonds. The van der Waals surface area contributed by atoms with E-state index in [2.05, 4.69) is 10.6 Å². The molecule has 0 saturated carbocycles. The Kier molecular flexibility index (Phi) is 7.23. The van der Waals surface area contributed by atoms with Gasteiger partial charge in [0.25, 0.3) is 0 Å². The number of hydrogen-bond donors (Lipinski definition) is 3. The molecular weight excluding hydrogens is 270 g/mol. The number of nitriles is 1. The van der Waals surface area contributed by atoms with Crippen molar-refractivity contribution < 1.29 is 14.6 Å². The van der Waals surface area contributed by atoms with Crippen LogP contribution >= 0.6 is 0 Å². The summed E-state index contributed by atoms with van der Waals surface area (Å²) in [6.45, 7) is 4.90. The number of aliphatic hydroxyl groups is 1. The molecule has 114 valence electrons. The Labute approximate surface area is 124 Å². The van der Waals surface area contributed by atoms with Gasteiger partial charge in [-0.15, -0.1) is 0 Å². The van der Waals surface area contributed by atoms with Crippen LogP contribution in [0.2, 0.25) is 0 Å². The van der Waals surface area contributed by atoms with Crippen LogP contribution in [-0.2, 0) is 4.74 Å². The van der Waals surface area contributed by atoms with E-state index < -0.39 is 12.1 Å². The summed E-state index contributed by atoms with van der Waals surface area (Å²) in [7, 11) is 0. The van der Waals surface area contributed by atoms with E-state index in [1.165, 1.54) is 0 Å². The largest absolute Gasteiger partial charge is 0.389 e. The van der Waals surface area contributed by atoms with Crippen molar-refractivity contribution in [2.24, 2.45) is 5.92 Å². The van der Waals surface area contributed by atoms with Gasteiger partial charge in [0, 0.05) is 18.8 Å². The summed E-state index contributed by atoms with van der Waals surface area (Å²) in [5.41, 5.74) is 0.993. The van der Waals surface area contributed by atoms with Gasteiger partial charge in [0.1, 0.15) is 0 Å². The van der Waals surface area contributed by atoms with Crippen LogP contribution in [0.4, 0.5) is 10.5 Å². The first kappa shape index (κ1) is 17.0. The molecule has 0 radical (unpaired) electrons. The second-order valence-electron chi connectivity index (χ2n) is 5.11. The Hall–Kier alpha value is -2.10. The number of carbonyl (C=O) groups excluding carboxylic acids is 1. The van der Waals surface area contributed by atoms with Crippen LogP contribution in [0, 0.1) is 17.2 Å². The first-order valence-corrected chi connectivity index (χ1v) is 6.82. The molecule has 21 heavy (non-hydrogen) atoms. The molecule has 1 unspecified atom stereocenters. The minimum atomic E-state index is -0.750. The van der Waals surface area contributed by atoms with Gasteiger partial charge in [-0.25, -0.2) is 4.79 Å². The zero-order valence-electron chi connectivity index (χ0n) is 12.3. The fourth-order valence-electron chi connectivity index (χ4n) is 1.55. The van der Waals surface area contributed by atoms with E-state index in [9.17, 15) is 9.90 Å². The Morgan fingerprint density at radius 2 is 2.19 bits per heavy atom. The maximum Gasteiger partial charge on any atom is 0.319 e. The number of anilines is 1. The number of carbonyl (C=O) groups is 1. The number of nitrogens with zero attached hydrogens (tertiary/aromatic N) is 1. The molecule has 3 N–H and O–H groups in total. The molecule has 0 aliphatic heterocycles. The zero-order chi connectivity index (χ0) is 15.7. The van der Waals surface area contributed by atoms with Crippen LogP contribution in [-0.4, -0.2) is 37.0 Å². The van der Waals surface area contributed by atoms with Crippen molar-refractivity contribution in [1.29, 1.82) is 5.26 Å². The predicted molar refractivity (Wildman–Crippen MR) is 79.8 cm³/mol. The Morgan fingerprint density at radius 3 is 2.86 bits per heavy atom. The van der Waals surface area contributed by atoms with Crippen LogP contribution in [0.15, 0.2) is 24.3 Å². The minimum Gasteiger partial charge on any atom is -0.389 e. The lowest BCUT2D eigenvalue weighted by Gasteiger charge is -2.14. The lowest BCUT2D eigenvalue weighted by molar-refractivity contribution is 0.0274. The van der Waals surface area contributed by atoms with Crippen molar-refractivity contribution in [2.45, 2.75) is 20.0 Å². The summed E-state index contributed by atoms with van der Waals surface area (Å²) >= 11 is 0. The van der Waals surface area contributed by atoms with Crippen molar-refractivity contribution >= 4 is 11.7 Å². The highest BCUT2D eigenvalue weighted by Crippen LogP contribution is 2.09. The number of amides is 2. The van der Waals surface area contributed by atoms with E-state index in [-0.39, 0.29) is 13.2 Å². The van der Waals surface area contributed by atoms with Crippen molar-refractivity contribution in [3.05, 3.63) is 29.8 Å². The average Bonchev–Trinajstić information content (AvgIpc) is 2.45. The van der Waals surface area contributed by atoms with Gasteiger partial charge < -0.3 is 20.5 Å². The molecule has 6 heteroatoms. The third-order valence-corrected chi connectivity index (χ3v) is 2.51. The van der Waals surface area contributed by atoms with Crippen molar-refractivity contribution in [2.75, 3.05) is 25.1 Å². The summed E-state index contributed by atoms with van der Waals surface area (Å²) in [5, 5.41) is 23.6. The number of rotatable bonds is 7. The highest BCUT2D eigenvalue weighted by Gasteiger charge is 2.08. The Balaban J connectivity index is 2.29. The van der Waals surface area contributed by atoms with Gasteiger partial charge in [0.15, 0.2) is 0 Å². The predicted octanol–water partition coefficient (Wildman–Crippen LogP) is 1.71. The molecular formula is C15H21N3O3. The minimum absolute atomic E-state index is 0.0991. The summed E-state index contributed by atoms with van der Waals surface area (Å²) in [6, 6.07) is 8.15. The molecule has 1 atom stereocenters. The van der Waals surface area contributed by atoms with Gasteiger partial charge >= 0.3 is 6.03 Å². The number of ether oxygens (including phenoxy) is 1. The number of hydrogen-bond acceptors (Lipinski definition) is 4. The van der Waals surface area contributed by atoms with E-state index in [1.807, 2.05) is 19.9 Å². The fraction of sp³-hybridized carbons (Fsp3) is 0.467. The van der Waals surface area contributed by atoms with Crippen LogP contribution < -0.4 is 10.6 Å². The molecule has 0 aromatic heterocycles. The molecule has 1 aromatic carbocycles. The smallest absolute Gasteiger partial charge is 0.319 e. The standard InChI is InChI=1S/C15H21N3O3/c1-11(2)9-21-10-14(19)8-17-15(20)18-13-5-3-4-12(6-13)7-16/h3-6,11,14,19H,8-10H2,1-2H3,(H2,17,18,20). The number of urea groups is 1. The Bertz CT molecular complexity index is 497. The van der Waals surface area contributed by atoms with Crippen molar-refractivity contribution in [1.82, 2.24) is 5.32 Å². The molecule has 0 fully saturated rings. The van der Waals surface area contributed by atoms with Gasteiger partial charge in [0.2, 0.25) is 0 Å². The zero-order valence-corrected chi connectivity index (χ0v) is 12.3. The Morgan fingerprint density at radius 1 is 1.43 bits per heavy atom. The van der Waals surface area contributed by atoms with E-state index in [0.717, 1.165) is 0 Å². The van der Waals surface area contributed by atoms with E-state index >= 15 is 0 Å². The van der Waals surface area contributed by atoms with Crippen LogP contribution in [0.25, 0.3) is 0 Å². The summed E-state index contributed by atoms with van der Waals surface area (Å²) in [6.07, 6.45) is -0.750. The fourth-order valence-corrected chi connectivity index (χ4v) is 1.55.